The fraction of sp³-hybridized carbons (Fsp3) is 0.667. The molecule has 0 radical (unpaired) electrons. The first-order valence-electron chi connectivity index (χ1n) is 4.46. The number of hydrogen-bond donors (Lipinski definition) is 1. The smallest absolute Gasteiger partial charge is 0.106 e. The molecule has 3 nitrogen and oxygen atoms in total. The molecule has 1 N–H and O–H groups in total. The predicted molar refractivity (Wildman–Crippen MR) is 46.0 cm³/mol. The van der Waals surface area contributed by atoms with E-state index in [2.05, 4.69) is 9.55 Å². The van der Waals surface area contributed by atoms with Crippen LogP contribution in [0.25, 0.3) is 0 Å². The predicted octanol–water partition coefficient (Wildman–Crippen LogP) is 1.06. The zero-order valence-corrected chi connectivity index (χ0v) is 7.32. The molecule has 1 aromatic rings. The van der Waals surface area contributed by atoms with Crippen molar-refractivity contribution in [3.63, 3.8) is 0 Å². The van der Waals surface area contributed by atoms with Crippen molar-refractivity contribution >= 4 is 0 Å². The lowest BCUT2D eigenvalue weighted by molar-refractivity contribution is 0.205. The van der Waals surface area contributed by atoms with Crippen LogP contribution in [0.1, 0.15) is 30.4 Å². The minimum atomic E-state index is 0.240. The van der Waals surface area contributed by atoms with Gasteiger partial charge < -0.3 is 9.67 Å². The number of aliphatic hydroxyl groups excluding tert-OH is 1. The van der Waals surface area contributed by atoms with Crippen LogP contribution in [0.4, 0.5) is 0 Å². The highest BCUT2D eigenvalue weighted by molar-refractivity contribution is 5.09. The van der Waals surface area contributed by atoms with Crippen LogP contribution in [0.3, 0.4) is 0 Å². The highest BCUT2D eigenvalue weighted by Crippen LogP contribution is 2.25. The Kier molecular flexibility index (Phi) is 1.89. The molecule has 0 saturated carbocycles. The van der Waals surface area contributed by atoms with E-state index in [4.69, 9.17) is 5.11 Å². The highest BCUT2D eigenvalue weighted by atomic mass is 16.3. The van der Waals surface area contributed by atoms with Gasteiger partial charge in [-0.3, -0.25) is 0 Å². The van der Waals surface area contributed by atoms with Gasteiger partial charge in [0.05, 0.1) is 12.6 Å². The average molecular weight is 166 g/mol. The van der Waals surface area contributed by atoms with Crippen LogP contribution < -0.4 is 0 Å². The SMILES string of the molecule is Cc1ncc2n1C(CO)CCC2. The lowest BCUT2D eigenvalue weighted by Crippen LogP contribution is -2.21. The summed E-state index contributed by atoms with van der Waals surface area (Å²) >= 11 is 0. The molecule has 66 valence electrons. The second kappa shape index (κ2) is 2.90. The van der Waals surface area contributed by atoms with Crippen molar-refractivity contribution in [2.45, 2.75) is 32.2 Å². The average Bonchev–Trinajstić information content (AvgIpc) is 2.48. The van der Waals surface area contributed by atoms with E-state index >= 15 is 0 Å². The maximum absolute atomic E-state index is 9.13. The van der Waals surface area contributed by atoms with Gasteiger partial charge >= 0.3 is 0 Å². The van der Waals surface area contributed by atoms with Crippen LogP contribution in [-0.4, -0.2) is 21.3 Å². The summed E-state index contributed by atoms with van der Waals surface area (Å²) in [6, 6.07) is 0.274. The van der Waals surface area contributed by atoms with Gasteiger partial charge in [0.1, 0.15) is 5.82 Å². The zero-order chi connectivity index (χ0) is 8.55. The number of fused-ring (bicyclic) bond motifs is 1. The molecule has 1 aromatic heterocycles. The first kappa shape index (κ1) is 7.80. The van der Waals surface area contributed by atoms with Gasteiger partial charge in [-0.1, -0.05) is 0 Å². The Hall–Kier alpha value is -0.830. The lowest BCUT2D eigenvalue weighted by atomic mass is 10.0. The Morgan fingerprint density at radius 2 is 2.58 bits per heavy atom. The molecule has 3 heteroatoms. The van der Waals surface area contributed by atoms with Crippen LogP contribution in [-0.2, 0) is 6.42 Å². The number of aliphatic hydroxyl groups is 1. The first-order chi connectivity index (χ1) is 5.83. The maximum Gasteiger partial charge on any atom is 0.106 e. The Morgan fingerprint density at radius 1 is 1.75 bits per heavy atom. The van der Waals surface area contributed by atoms with Gasteiger partial charge in [-0.05, 0) is 26.2 Å². The molecule has 2 heterocycles. The van der Waals surface area contributed by atoms with Gasteiger partial charge in [-0.15, -0.1) is 0 Å². The van der Waals surface area contributed by atoms with E-state index in [0.717, 1.165) is 18.7 Å². The van der Waals surface area contributed by atoms with E-state index in [0.29, 0.717) is 0 Å². The Morgan fingerprint density at radius 3 is 3.33 bits per heavy atom. The van der Waals surface area contributed by atoms with Crippen LogP contribution >= 0.6 is 0 Å². The second-order valence-electron chi connectivity index (χ2n) is 3.40. The van der Waals surface area contributed by atoms with E-state index in [9.17, 15) is 0 Å². The van der Waals surface area contributed by atoms with Crippen molar-refractivity contribution in [3.05, 3.63) is 17.7 Å². The third-order valence-corrected chi connectivity index (χ3v) is 2.60. The second-order valence-corrected chi connectivity index (χ2v) is 3.40. The number of aryl methyl sites for hydroxylation is 2. The molecule has 1 atom stereocenters. The summed E-state index contributed by atoms with van der Waals surface area (Å²) < 4.78 is 2.17. The van der Waals surface area contributed by atoms with E-state index in [1.54, 1.807) is 0 Å². The molecule has 1 unspecified atom stereocenters. The summed E-state index contributed by atoms with van der Waals surface area (Å²) in [7, 11) is 0. The van der Waals surface area contributed by atoms with Crippen molar-refractivity contribution in [1.82, 2.24) is 9.55 Å². The summed E-state index contributed by atoms with van der Waals surface area (Å²) in [5.41, 5.74) is 1.28. The first-order valence-corrected chi connectivity index (χ1v) is 4.46. The van der Waals surface area contributed by atoms with E-state index < -0.39 is 0 Å². The number of rotatable bonds is 1. The largest absolute Gasteiger partial charge is 0.394 e. The molecule has 1 aliphatic heterocycles. The molecule has 0 spiro atoms. The zero-order valence-electron chi connectivity index (χ0n) is 7.32. The van der Waals surface area contributed by atoms with Crippen LogP contribution in [0.15, 0.2) is 6.20 Å². The standard InChI is InChI=1S/C9H14N2O/c1-7-10-5-8-3-2-4-9(6-12)11(7)8/h5,9,12H,2-4,6H2,1H3. The molecule has 0 amide bonds. The molecule has 0 saturated heterocycles. The van der Waals surface area contributed by atoms with Gasteiger partial charge in [-0.2, -0.15) is 0 Å². The topological polar surface area (TPSA) is 38.0 Å². The Bertz CT molecular complexity index is 280. The number of nitrogens with zero attached hydrogens (tertiary/aromatic N) is 2. The minimum absolute atomic E-state index is 0.240. The quantitative estimate of drug-likeness (QED) is 0.677. The summed E-state index contributed by atoms with van der Waals surface area (Å²) in [4.78, 5) is 4.25. The maximum atomic E-state index is 9.13. The van der Waals surface area contributed by atoms with E-state index in [1.165, 1.54) is 12.1 Å². The summed E-state index contributed by atoms with van der Waals surface area (Å²) in [5, 5.41) is 9.13. The van der Waals surface area contributed by atoms with Gasteiger partial charge in [-0.25, -0.2) is 4.98 Å². The molecule has 2 rings (SSSR count). The Balaban J connectivity index is 2.41. The third-order valence-electron chi connectivity index (χ3n) is 2.60. The van der Waals surface area contributed by atoms with E-state index in [1.807, 2.05) is 13.1 Å². The summed E-state index contributed by atoms with van der Waals surface area (Å²) in [6.07, 6.45) is 5.30. The molecule has 0 bridgehead atoms. The minimum Gasteiger partial charge on any atom is -0.394 e. The fourth-order valence-electron chi connectivity index (χ4n) is 2.00. The number of aromatic nitrogens is 2. The van der Waals surface area contributed by atoms with Crippen LogP contribution in [0.2, 0.25) is 0 Å². The molecule has 12 heavy (non-hydrogen) atoms. The summed E-state index contributed by atoms with van der Waals surface area (Å²) in [5.74, 6) is 1.03. The third kappa shape index (κ3) is 1.05. The molecule has 0 aliphatic carbocycles. The molecular weight excluding hydrogens is 152 g/mol. The van der Waals surface area contributed by atoms with Gasteiger partial charge in [0, 0.05) is 11.9 Å². The monoisotopic (exact) mass is 166 g/mol. The van der Waals surface area contributed by atoms with Crippen molar-refractivity contribution in [1.29, 1.82) is 0 Å². The van der Waals surface area contributed by atoms with Crippen molar-refractivity contribution in [3.8, 4) is 0 Å². The van der Waals surface area contributed by atoms with E-state index in [-0.39, 0.29) is 12.6 Å². The molecule has 0 aromatic carbocycles. The Labute approximate surface area is 72.0 Å². The van der Waals surface area contributed by atoms with Gasteiger partial charge in [0.15, 0.2) is 0 Å². The summed E-state index contributed by atoms with van der Waals surface area (Å²) in [6.45, 7) is 2.24. The lowest BCUT2D eigenvalue weighted by Gasteiger charge is -2.24. The molecule has 1 aliphatic rings. The highest BCUT2D eigenvalue weighted by Gasteiger charge is 2.20. The van der Waals surface area contributed by atoms with Crippen molar-refractivity contribution < 1.29 is 5.11 Å². The molecule has 0 fully saturated rings. The molecular formula is C9H14N2O. The van der Waals surface area contributed by atoms with Crippen LogP contribution in [0.5, 0.6) is 0 Å². The number of imidazole rings is 1. The number of hydrogen-bond acceptors (Lipinski definition) is 2. The van der Waals surface area contributed by atoms with Crippen molar-refractivity contribution in [2.75, 3.05) is 6.61 Å². The van der Waals surface area contributed by atoms with Gasteiger partial charge in [0.25, 0.3) is 0 Å². The van der Waals surface area contributed by atoms with Gasteiger partial charge in [0.2, 0.25) is 0 Å². The van der Waals surface area contributed by atoms with Crippen molar-refractivity contribution in [2.24, 2.45) is 0 Å². The normalized spacial score (nSPS) is 22.3. The van der Waals surface area contributed by atoms with Crippen LogP contribution in [0, 0.1) is 6.92 Å². The fourth-order valence-corrected chi connectivity index (χ4v) is 2.00.